The molecule has 1 atom stereocenters. The Kier molecular flexibility index (Phi) is 6.45. The highest BCUT2D eigenvalue weighted by Gasteiger charge is 2.43. The van der Waals surface area contributed by atoms with E-state index in [9.17, 15) is 14.4 Å². The van der Waals surface area contributed by atoms with E-state index in [1.807, 2.05) is 19.9 Å². The van der Waals surface area contributed by atoms with E-state index < -0.39 is 11.7 Å². The number of aliphatic hydroxyl groups excluding tert-OH is 1. The first-order valence-corrected chi connectivity index (χ1v) is 9.34. The zero-order valence-corrected chi connectivity index (χ0v) is 17.1. The molecule has 0 aromatic heterocycles. The van der Waals surface area contributed by atoms with Crippen molar-refractivity contribution in [2.24, 2.45) is 11.1 Å². The average Bonchev–Trinajstić information content (AvgIpc) is 2.55. The Morgan fingerprint density at radius 2 is 2.07 bits per heavy atom. The fourth-order valence-electron chi connectivity index (χ4n) is 3.31. The van der Waals surface area contributed by atoms with Gasteiger partial charge in [-0.05, 0) is 46.0 Å². The van der Waals surface area contributed by atoms with Crippen LogP contribution < -0.4 is 5.73 Å². The second-order valence-electron chi connectivity index (χ2n) is 7.19. The number of carbonyl (C=O) groups is 1. The van der Waals surface area contributed by atoms with Crippen molar-refractivity contribution in [3.05, 3.63) is 56.8 Å². The quantitative estimate of drug-likeness (QED) is 0.692. The SMILES string of the molecule is CC1(C)CC(=O)C2=C(C1)OC(N)=C(C#N)C2c1ccc(F)c(Br)c1.CCO. The third-order valence-electron chi connectivity index (χ3n) is 4.35. The number of ketones is 1. The second kappa shape index (κ2) is 8.24. The molecule has 0 bridgehead atoms. The number of carbonyl (C=O) groups excluding carboxylic acids is 1. The number of ether oxygens (including phenoxy) is 1. The van der Waals surface area contributed by atoms with Crippen LogP contribution in [0.4, 0.5) is 4.39 Å². The molecule has 0 fully saturated rings. The van der Waals surface area contributed by atoms with Crippen LogP contribution in [0.15, 0.2) is 45.5 Å². The van der Waals surface area contributed by atoms with Gasteiger partial charge in [0.2, 0.25) is 5.88 Å². The molecule has 7 heteroatoms. The van der Waals surface area contributed by atoms with E-state index in [1.54, 1.807) is 19.1 Å². The maximum absolute atomic E-state index is 13.6. The minimum Gasteiger partial charge on any atom is -0.444 e. The van der Waals surface area contributed by atoms with Crippen molar-refractivity contribution in [2.75, 3.05) is 6.61 Å². The Labute approximate surface area is 166 Å². The largest absolute Gasteiger partial charge is 0.444 e. The van der Waals surface area contributed by atoms with Crippen molar-refractivity contribution < 1.29 is 19.0 Å². The molecule has 0 radical (unpaired) electrons. The number of aliphatic hydroxyl groups is 1. The molecule has 1 aromatic carbocycles. The van der Waals surface area contributed by atoms with Gasteiger partial charge in [0.1, 0.15) is 23.2 Å². The number of allylic oxidation sites excluding steroid dienone is 3. The molecule has 0 spiro atoms. The molecule has 3 rings (SSSR count). The molecule has 0 saturated carbocycles. The van der Waals surface area contributed by atoms with Crippen LogP contribution in [-0.4, -0.2) is 17.5 Å². The summed E-state index contributed by atoms with van der Waals surface area (Å²) in [4.78, 5) is 12.8. The number of hydrogen-bond acceptors (Lipinski definition) is 5. The fraction of sp³-hybridized carbons (Fsp3) is 0.400. The van der Waals surface area contributed by atoms with Gasteiger partial charge in [-0.2, -0.15) is 5.26 Å². The van der Waals surface area contributed by atoms with Gasteiger partial charge in [0, 0.05) is 25.0 Å². The van der Waals surface area contributed by atoms with Crippen LogP contribution in [0.1, 0.15) is 45.1 Å². The lowest BCUT2D eigenvalue weighted by atomic mass is 9.70. The van der Waals surface area contributed by atoms with Gasteiger partial charge in [-0.15, -0.1) is 0 Å². The third-order valence-corrected chi connectivity index (χ3v) is 4.96. The molecule has 144 valence electrons. The highest BCUT2D eigenvalue weighted by atomic mass is 79.9. The number of rotatable bonds is 1. The van der Waals surface area contributed by atoms with Gasteiger partial charge in [-0.25, -0.2) is 4.39 Å². The molecule has 0 amide bonds. The summed E-state index contributed by atoms with van der Waals surface area (Å²) in [6.45, 7) is 5.91. The summed E-state index contributed by atoms with van der Waals surface area (Å²) in [5, 5.41) is 17.1. The Morgan fingerprint density at radius 1 is 1.44 bits per heavy atom. The summed E-state index contributed by atoms with van der Waals surface area (Å²) in [6, 6.07) is 6.49. The van der Waals surface area contributed by atoms with Gasteiger partial charge in [-0.3, -0.25) is 4.79 Å². The summed E-state index contributed by atoms with van der Waals surface area (Å²) in [7, 11) is 0. The molecule has 1 aliphatic carbocycles. The van der Waals surface area contributed by atoms with Gasteiger partial charge in [0.05, 0.1) is 10.4 Å². The van der Waals surface area contributed by atoms with Crippen LogP contribution in [0.25, 0.3) is 0 Å². The first kappa shape index (κ1) is 21.1. The second-order valence-corrected chi connectivity index (χ2v) is 8.05. The molecule has 0 saturated heterocycles. The van der Waals surface area contributed by atoms with Crippen LogP contribution in [-0.2, 0) is 9.53 Å². The van der Waals surface area contributed by atoms with Crippen molar-refractivity contribution in [1.82, 2.24) is 0 Å². The third kappa shape index (κ3) is 4.40. The van der Waals surface area contributed by atoms with Crippen LogP contribution in [0.2, 0.25) is 0 Å². The highest BCUT2D eigenvalue weighted by molar-refractivity contribution is 9.10. The minimum absolute atomic E-state index is 0.00666. The zero-order chi connectivity index (χ0) is 20.4. The summed E-state index contributed by atoms with van der Waals surface area (Å²) < 4.78 is 19.5. The van der Waals surface area contributed by atoms with Crippen LogP contribution in [0.5, 0.6) is 0 Å². The molecular formula is C20H22BrFN2O3. The molecule has 3 N–H and O–H groups in total. The van der Waals surface area contributed by atoms with Crippen LogP contribution in [0.3, 0.4) is 0 Å². The monoisotopic (exact) mass is 436 g/mol. The van der Waals surface area contributed by atoms with Crippen LogP contribution in [0, 0.1) is 22.6 Å². The standard InChI is InChI=1S/C18H16BrFN2O2.C2H6O/c1-18(2)6-13(23)16-14(7-18)24-17(22)10(8-21)15(16)9-3-4-12(20)11(19)5-9;1-2-3/h3-5,15H,6-7,22H2,1-2H3;3H,2H2,1H3. The number of nitrogens with two attached hydrogens (primary N) is 1. The number of nitriles is 1. The minimum atomic E-state index is -0.626. The normalized spacial score (nSPS) is 20.9. The van der Waals surface area contributed by atoms with Gasteiger partial charge < -0.3 is 15.6 Å². The lowest BCUT2D eigenvalue weighted by Gasteiger charge is -2.37. The smallest absolute Gasteiger partial charge is 0.205 e. The van der Waals surface area contributed by atoms with Gasteiger partial charge >= 0.3 is 0 Å². The van der Waals surface area contributed by atoms with E-state index in [0.29, 0.717) is 29.7 Å². The molecule has 1 heterocycles. The van der Waals surface area contributed by atoms with E-state index in [2.05, 4.69) is 15.9 Å². The first-order valence-electron chi connectivity index (χ1n) is 8.54. The van der Waals surface area contributed by atoms with Gasteiger partial charge in [-0.1, -0.05) is 19.9 Å². The van der Waals surface area contributed by atoms with E-state index in [4.69, 9.17) is 15.6 Å². The molecule has 2 aliphatic rings. The molecule has 27 heavy (non-hydrogen) atoms. The van der Waals surface area contributed by atoms with E-state index in [1.165, 1.54) is 6.07 Å². The number of Topliss-reactive ketones (excluding diaryl/α,β-unsaturated/α-hetero) is 1. The van der Waals surface area contributed by atoms with E-state index >= 15 is 0 Å². The Bertz CT molecular complexity index is 868. The van der Waals surface area contributed by atoms with Gasteiger partial charge in [0.25, 0.3) is 0 Å². The summed E-state index contributed by atoms with van der Waals surface area (Å²) in [5.41, 5.74) is 6.97. The first-order chi connectivity index (χ1) is 12.6. The summed E-state index contributed by atoms with van der Waals surface area (Å²) >= 11 is 3.15. The van der Waals surface area contributed by atoms with E-state index in [-0.39, 0.29) is 33.7 Å². The Morgan fingerprint density at radius 3 is 2.63 bits per heavy atom. The van der Waals surface area contributed by atoms with Gasteiger partial charge in [0.15, 0.2) is 5.78 Å². The Balaban J connectivity index is 0.000000817. The number of halogens is 2. The number of nitrogens with zero attached hydrogens (tertiary/aromatic N) is 1. The maximum Gasteiger partial charge on any atom is 0.205 e. The summed E-state index contributed by atoms with van der Waals surface area (Å²) in [5.74, 6) is -0.580. The predicted octanol–water partition coefficient (Wildman–Crippen LogP) is 4.04. The molecular weight excluding hydrogens is 415 g/mol. The molecule has 1 unspecified atom stereocenters. The van der Waals surface area contributed by atoms with E-state index in [0.717, 1.165) is 0 Å². The predicted molar refractivity (Wildman–Crippen MR) is 103 cm³/mol. The number of hydrogen-bond donors (Lipinski definition) is 2. The zero-order valence-electron chi connectivity index (χ0n) is 15.5. The van der Waals surface area contributed by atoms with Crippen molar-refractivity contribution in [3.8, 4) is 6.07 Å². The van der Waals surface area contributed by atoms with Crippen molar-refractivity contribution in [3.63, 3.8) is 0 Å². The molecule has 5 nitrogen and oxygen atoms in total. The van der Waals surface area contributed by atoms with Crippen molar-refractivity contribution >= 4 is 21.7 Å². The fourth-order valence-corrected chi connectivity index (χ4v) is 3.71. The number of benzene rings is 1. The topological polar surface area (TPSA) is 96.3 Å². The lowest BCUT2D eigenvalue weighted by molar-refractivity contribution is -0.119. The van der Waals surface area contributed by atoms with Crippen LogP contribution >= 0.6 is 15.9 Å². The molecule has 1 aromatic rings. The average molecular weight is 437 g/mol. The lowest BCUT2D eigenvalue weighted by Crippen LogP contribution is -2.33. The highest BCUT2D eigenvalue weighted by Crippen LogP contribution is 2.48. The Hall–Kier alpha value is -2.17. The van der Waals surface area contributed by atoms with Crippen molar-refractivity contribution in [2.45, 2.75) is 39.5 Å². The molecule has 1 aliphatic heterocycles. The van der Waals surface area contributed by atoms with Crippen molar-refractivity contribution in [1.29, 1.82) is 5.26 Å². The maximum atomic E-state index is 13.6. The summed E-state index contributed by atoms with van der Waals surface area (Å²) in [6.07, 6.45) is 0.930.